The van der Waals surface area contributed by atoms with Crippen LogP contribution in [0.4, 0.5) is 31.7 Å². The Morgan fingerprint density at radius 2 is 1.35 bits per heavy atom. The molecule has 3 aromatic heterocycles. The van der Waals surface area contributed by atoms with Gasteiger partial charge in [0.1, 0.15) is 17.5 Å². The maximum absolute atomic E-state index is 13.8. The van der Waals surface area contributed by atoms with E-state index in [1.807, 2.05) is 74.5 Å². The van der Waals surface area contributed by atoms with E-state index in [1.165, 1.54) is 47.8 Å². The number of aliphatic imine (C=N–C) groups is 1. The van der Waals surface area contributed by atoms with Crippen molar-refractivity contribution < 1.29 is 8.78 Å². The summed E-state index contributed by atoms with van der Waals surface area (Å²) >= 11 is 3.07. The first kappa shape index (κ1) is 36.0. The third-order valence-corrected chi connectivity index (χ3v) is 11.1. The van der Waals surface area contributed by atoms with E-state index in [4.69, 9.17) is 9.98 Å². The first-order valence-corrected chi connectivity index (χ1v) is 19.3. The fourth-order valence-electron chi connectivity index (χ4n) is 6.15. The number of hydrogen-bond donors (Lipinski definition) is 2. The zero-order valence-corrected chi connectivity index (χ0v) is 31.8. The molecule has 7 aromatic rings. The number of rotatable bonds is 7. The monoisotopic (exact) mass is 760 g/mol. The summed E-state index contributed by atoms with van der Waals surface area (Å²) in [7, 11) is 0. The van der Waals surface area contributed by atoms with Crippen molar-refractivity contribution in [1.82, 2.24) is 15.0 Å². The minimum Gasteiger partial charge on any atom is -0.369 e. The molecular weight excluding hydrogens is 727 g/mol. The summed E-state index contributed by atoms with van der Waals surface area (Å²) in [4.78, 5) is 22.8. The predicted molar refractivity (Wildman–Crippen MR) is 220 cm³/mol. The van der Waals surface area contributed by atoms with Crippen LogP contribution in [0, 0.1) is 43.2 Å². The summed E-state index contributed by atoms with van der Waals surface area (Å²) in [5, 5.41) is 7.95. The van der Waals surface area contributed by atoms with E-state index in [9.17, 15) is 8.78 Å². The molecule has 1 aliphatic heterocycles. The first-order valence-electron chi connectivity index (χ1n) is 17.7. The van der Waals surface area contributed by atoms with E-state index in [2.05, 4.69) is 45.4 Å². The maximum Gasteiger partial charge on any atom is 0.161 e. The van der Waals surface area contributed by atoms with Crippen molar-refractivity contribution in [3.63, 3.8) is 0 Å². The fourth-order valence-corrected chi connectivity index (χ4v) is 7.91. The topological polar surface area (TPSA) is 75.1 Å². The molecule has 1 aliphatic rings. The van der Waals surface area contributed by atoms with Gasteiger partial charge in [0, 0.05) is 71.7 Å². The summed E-state index contributed by atoms with van der Waals surface area (Å²) in [6.45, 7) is 6.80. The van der Waals surface area contributed by atoms with Gasteiger partial charge in [-0.05, 0) is 129 Å². The molecule has 0 radical (unpaired) electrons. The molecule has 0 spiro atoms. The van der Waals surface area contributed by atoms with Crippen molar-refractivity contribution in [1.29, 1.82) is 0 Å². The number of anilines is 3. The van der Waals surface area contributed by atoms with Crippen LogP contribution in [0.5, 0.6) is 0 Å². The van der Waals surface area contributed by atoms with Gasteiger partial charge in [-0.2, -0.15) is 0 Å². The number of nitrogens with one attached hydrogen (secondary N) is 2. The molecule has 0 saturated carbocycles. The van der Waals surface area contributed by atoms with Gasteiger partial charge in [0.15, 0.2) is 5.65 Å². The highest BCUT2D eigenvalue weighted by molar-refractivity contribution is 7.99. The zero-order chi connectivity index (χ0) is 37.9. The Labute approximate surface area is 327 Å². The molecule has 0 bridgehead atoms. The van der Waals surface area contributed by atoms with Crippen molar-refractivity contribution in [2.24, 2.45) is 10.9 Å². The van der Waals surface area contributed by atoms with Crippen LogP contribution in [0.3, 0.4) is 0 Å². The van der Waals surface area contributed by atoms with E-state index in [0.29, 0.717) is 5.65 Å². The number of nitrogens with zero attached hydrogens (tertiary/aromatic N) is 4. The van der Waals surface area contributed by atoms with Crippen molar-refractivity contribution in [2.45, 2.75) is 40.4 Å². The van der Waals surface area contributed by atoms with Crippen molar-refractivity contribution >= 4 is 63.1 Å². The molecule has 10 heteroatoms. The third kappa shape index (κ3) is 8.39. The number of fused-ring (bicyclic) bond motifs is 2. The molecule has 0 aliphatic carbocycles. The van der Waals surface area contributed by atoms with E-state index >= 15 is 0 Å². The van der Waals surface area contributed by atoms with Crippen LogP contribution >= 0.6 is 23.5 Å². The summed E-state index contributed by atoms with van der Waals surface area (Å²) < 4.78 is 27.5. The molecule has 0 amide bonds. The molecule has 8 rings (SSSR count). The quantitative estimate of drug-likeness (QED) is 0.157. The lowest BCUT2D eigenvalue weighted by Gasteiger charge is -2.25. The Morgan fingerprint density at radius 1 is 0.709 bits per heavy atom. The lowest BCUT2D eigenvalue weighted by molar-refractivity contribution is 0.626. The fraction of sp³-hybridized carbons (Fsp3) is 0.111. The van der Waals surface area contributed by atoms with Crippen LogP contribution in [0.2, 0.25) is 0 Å². The second kappa shape index (κ2) is 15.8. The Morgan fingerprint density at radius 3 is 2.07 bits per heavy atom. The molecule has 6 nitrogen and oxygen atoms in total. The molecule has 55 heavy (non-hydrogen) atoms. The molecule has 2 N–H and O–H groups in total. The van der Waals surface area contributed by atoms with Gasteiger partial charge >= 0.3 is 0 Å². The largest absolute Gasteiger partial charge is 0.369 e. The summed E-state index contributed by atoms with van der Waals surface area (Å²) in [5.74, 6) is 7.17. The van der Waals surface area contributed by atoms with Crippen molar-refractivity contribution in [3.05, 3.63) is 161 Å². The van der Waals surface area contributed by atoms with Gasteiger partial charge in [0.25, 0.3) is 0 Å². The van der Waals surface area contributed by atoms with Crippen molar-refractivity contribution in [3.8, 4) is 11.8 Å². The number of aromatic nitrogens is 3. The molecule has 1 unspecified atom stereocenters. The van der Waals surface area contributed by atoms with Gasteiger partial charge in [-0.15, -0.1) is 0 Å². The molecule has 0 saturated heterocycles. The Kier molecular flexibility index (Phi) is 10.3. The standard InChI is InChI=1S/C45H34F2N6S2/c1-27-26-49-45-37(19-5-29(3)51-45)43(27)53-40-25-31(9-21-42(40)55-35-16-12-33(47)13-17-35)7-6-30-8-20-41(54-34-14-10-32(46)11-15-34)39(24-30)52-38-22-23-48-44-36(38)18-4-28(2)50-44/h4-5,8-25,27H,26H2,1-3H3,(H,49,51)(H,48,50,52). The Balaban J connectivity index is 1.17. The zero-order valence-electron chi connectivity index (χ0n) is 30.2. The lowest BCUT2D eigenvalue weighted by Crippen LogP contribution is -2.28. The number of halogens is 2. The van der Waals surface area contributed by atoms with Crippen LogP contribution in [0.25, 0.3) is 11.0 Å². The molecule has 0 fully saturated rings. The van der Waals surface area contributed by atoms with Gasteiger partial charge in [-0.25, -0.2) is 23.7 Å². The molecule has 4 heterocycles. The van der Waals surface area contributed by atoms with Gasteiger partial charge in [-0.3, -0.25) is 4.99 Å². The average molecular weight is 761 g/mol. The number of hydrogen-bond acceptors (Lipinski definition) is 8. The summed E-state index contributed by atoms with van der Waals surface area (Å²) in [6, 6.07) is 35.0. The molecule has 4 aromatic carbocycles. The SMILES string of the molecule is Cc1ccc2c(n1)NCC(C)C2=Nc1cc(C#Cc2ccc(Sc3ccc(F)cc3)c(Nc3ccnc4nc(C)ccc34)c2)ccc1Sc1ccc(F)cc1. The summed E-state index contributed by atoms with van der Waals surface area (Å²) in [6.07, 6.45) is 1.74. The van der Waals surface area contributed by atoms with E-state index in [1.54, 1.807) is 30.5 Å². The summed E-state index contributed by atoms with van der Waals surface area (Å²) in [5.41, 5.74) is 8.49. The molecule has 1 atom stereocenters. The van der Waals surface area contributed by atoms with Crippen molar-refractivity contribution in [2.75, 3.05) is 17.2 Å². The van der Waals surface area contributed by atoms with Gasteiger partial charge < -0.3 is 10.6 Å². The van der Waals surface area contributed by atoms with Crippen LogP contribution in [-0.2, 0) is 0 Å². The smallest absolute Gasteiger partial charge is 0.161 e. The normalized spacial score (nSPS) is 14.2. The van der Waals surface area contributed by atoms with E-state index in [0.717, 1.165) is 88.2 Å². The van der Waals surface area contributed by atoms with E-state index in [-0.39, 0.29) is 17.6 Å². The Hall–Kier alpha value is -6.02. The Bertz CT molecular complexity index is 2650. The first-order chi connectivity index (χ1) is 26.7. The van der Waals surface area contributed by atoms with E-state index < -0.39 is 0 Å². The third-order valence-electron chi connectivity index (χ3n) is 8.98. The predicted octanol–water partition coefficient (Wildman–Crippen LogP) is 11.5. The van der Waals surface area contributed by atoms with Gasteiger partial charge in [0.2, 0.25) is 0 Å². The van der Waals surface area contributed by atoms with Crippen LogP contribution in [0.15, 0.2) is 146 Å². The highest BCUT2D eigenvalue weighted by atomic mass is 32.2. The average Bonchev–Trinajstić information content (AvgIpc) is 3.18. The number of aryl methyl sites for hydroxylation is 2. The van der Waals surface area contributed by atoms with Crippen LogP contribution < -0.4 is 10.6 Å². The molecule has 270 valence electrons. The molecular formula is C45H34F2N6S2. The maximum atomic E-state index is 13.8. The second-order valence-electron chi connectivity index (χ2n) is 13.2. The van der Waals surface area contributed by atoms with Crippen LogP contribution in [0.1, 0.15) is 35.0 Å². The number of pyridine rings is 3. The second-order valence-corrected chi connectivity index (χ2v) is 15.4. The minimum absolute atomic E-state index is 0.143. The van der Waals surface area contributed by atoms with Crippen LogP contribution in [-0.4, -0.2) is 27.2 Å². The highest BCUT2D eigenvalue weighted by Crippen LogP contribution is 2.39. The van der Waals surface area contributed by atoms with Gasteiger partial charge in [-0.1, -0.05) is 42.3 Å². The lowest BCUT2D eigenvalue weighted by atomic mass is 9.94. The van der Waals surface area contributed by atoms with Gasteiger partial charge in [0.05, 0.1) is 22.8 Å². The minimum atomic E-state index is -0.279. The highest BCUT2D eigenvalue weighted by Gasteiger charge is 2.23. The number of benzene rings is 4.